The van der Waals surface area contributed by atoms with E-state index in [1.54, 1.807) is 0 Å². The number of hydrogen-bond acceptors (Lipinski definition) is 5. The van der Waals surface area contributed by atoms with Gasteiger partial charge in [-0.3, -0.25) is 10.2 Å². The van der Waals surface area contributed by atoms with Crippen LogP contribution in [-0.4, -0.2) is 16.5 Å². The first-order valence-electron chi connectivity index (χ1n) is 7.35. The zero-order valence-electron chi connectivity index (χ0n) is 12.6. The third kappa shape index (κ3) is 2.89. The van der Waals surface area contributed by atoms with Crippen molar-refractivity contribution in [3.05, 3.63) is 59.2 Å². The van der Waals surface area contributed by atoms with Gasteiger partial charge in [0.05, 0.1) is 15.8 Å². The van der Waals surface area contributed by atoms with Crippen LogP contribution in [0.2, 0.25) is 0 Å². The number of anilines is 1. The minimum Gasteiger partial charge on any atom is -0.287 e. The summed E-state index contributed by atoms with van der Waals surface area (Å²) in [5.74, 6) is -0.491. The van der Waals surface area contributed by atoms with E-state index >= 15 is 0 Å². The van der Waals surface area contributed by atoms with Gasteiger partial charge < -0.3 is 0 Å². The predicted octanol–water partition coefficient (Wildman–Crippen LogP) is 4.52. The van der Waals surface area contributed by atoms with Crippen LogP contribution in [0.1, 0.15) is 21.5 Å². The van der Waals surface area contributed by atoms with Gasteiger partial charge in [0.1, 0.15) is 5.71 Å². The van der Waals surface area contributed by atoms with Crippen molar-refractivity contribution in [3.63, 3.8) is 0 Å². The van der Waals surface area contributed by atoms with Crippen LogP contribution in [0, 0.1) is 0 Å². The van der Waals surface area contributed by atoms with Gasteiger partial charge in [-0.1, -0.05) is 29.5 Å². The number of alkyl halides is 3. The predicted molar refractivity (Wildman–Crippen MR) is 90.2 cm³/mol. The number of para-hydroxylation sites is 1. The second kappa shape index (κ2) is 5.66. The Labute approximate surface area is 144 Å². The van der Waals surface area contributed by atoms with Crippen LogP contribution >= 0.6 is 11.3 Å². The highest BCUT2D eigenvalue weighted by molar-refractivity contribution is 7.22. The van der Waals surface area contributed by atoms with Crippen molar-refractivity contribution in [1.82, 2.24) is 4.98 Å². The molecule has 0 amide bonds. The minimum absolute atomic E-state index is 0.0553. The Morgan fingerprint density at radius 1 is 1.16 bits per heavy atom. The van der Waals surface area contributed by atoms with Crippen molar-refractivity contribution in [3.8, 4) is 0 Å². The van der Waals surface area contributed by atoms with E-state index in [0.29, 0.717) is 10.7 Å². The van der Waals surface area contributed by atoms with Crippen molar-refractivity contribution in [2.45, 2.75) is 12.6 Å². The van der Waals surface area contributed by atoms with Crippen LogP contribution in [0.15, 0.2) is 47.6 Å². The summed E-state index contributed by atoms with van der Waals surface area (Å²) in [6, 6.07) is 10.7. The number of benzene rings is 2. The average Bonchev–Trinajstić information content (AvgIpc) is 3.13. The first-order chi connectivity index (χ1) is 11.9. The highest BCUT2D eigenvalue weighted by Crippen LogP contribution is 2.33. The van der Waals surface area contributed by atoms with Gasteiger partial charge in [-0.05, 0) is 29.8 Å². The molecule has 4 nitrogen and oxygen atoms in total. The second-order valence-corrected chi connectivity index (χ2v) is 6.56. The normalized spacial score (nSPS) is 15.8. The lowest BCUT2D eigenvalue weighted by atomic mass is 10.1. The van der Waals surface area contributed by atoms with E-state index in [-0.39, 0.29) is 17.7 Å². The number of Topliss-reactive ketones (excluding diaryl/α,β-unsaturated/α-hetero) is 1. The third-order valence-electron chi connectivity index (χ3n) is 3.88. The van der Waals surface area contributed by atoms with E-state index in [1.165, 1.54) is 17.4 Å². The SMILES string of the molecule is O=C1/C(=N\Nc2nc3ccccc3s2)Cc2ccc(C(F)(F)F)cc21. The van der Waals surface area contributed by atoms with Crippen LogP contribution in [0.3, 0.4) is 0 Å². The maximum absolute atomic E-state index is 12.8. The molecule has 0 unspecified atom stereocenters. The van der Waals surface area contributed by atoms with Crippen LogP contribution in [0.25, 0.3) is 10.2 Å². The maximum atomic E-state index is 12.8. The van der Waals surface area contributed by atoms with Gasteiger partial charge in [-0.25, -0.2) is 4.98 Å². The molecule has 0 atom stereocenters. The summed E-state index contributed by atoms with van der Waals surface area (Å²) in [6.45, 7) is 0. The number of ketones is 1. The molecule has 1 aliphatic rings. The van der Waals surface area contributed by atoms with Gasteiger partial charge in [-0.2, -0.15) is 18.3 Å². The number of hydrazone groups is 1. The first kappa shape index (κ1) is 15.8. The molecule has 1 N–H and O–H groups in total. The van der Waals surface area contributed by atoms with E-state index in [9.17, 15) is 18.0 Å². The number of halogens is 3. The van der Waals surface area contributed by atoms with E-state index in [2.05, 4.69) is 15.5 Å². The van der Waals surface area contributed by atoms with E-state index in [4.69, 9.17) is 0 Å². The molecule has 0 saturated heterocycles. The Kier molecular flexibility index (Phi) is 3.57. The second-order valence-electron chi connectivity index (χ2n) is 5.53. The Hall–Kier alpha value is -2.74. The number of rotatable bonds is 2. The zero-order chi connectivity index (χ0) is 17.6. The van der Waals surface area contributed by atoms with Crippen LogP contribution in [0.5, 0.6) is 0 Å². The summed E-state index contributed by atoms with van der Waals surface area (Å²) in [6.07, 6.45) is -4.28. The van der Waals surface area contributed by atoms with Crippen molar-refractivity contribution in [2.75, 3.05) is 5.43 Å². The molecule has 1 aliphatic carbocycles. The van der Waals surface area contributed by atoms with Crippen molar-refractivity contribution < 1.29 is 18.0 Å². The fraction of sp³-hybridized carbons (Fsp3) is 0.118. The average molecular weight is 361 g/mol. The van der Waals surface area contributed by atoms with Gasteiger partial charge in [0, 0.05) is 12.0 Å². The molecule has 0 fully saturated rings. The van der Waals surface area contributed by atoms with Gasteiger partial charge in [0.2, 0.25) is 10.9 Å². The molecule has 1 heterocycles. The monoisotopic (exact) mass is 361 g/mol. The van der Waals surface area contributed by atoms with Crippen LogP contribution in [-0.2, 0) is 12.6 Å². The molecule has 126 valence electrons. The highest BCUT2D eigenvalue weighted by atomic mass is 32.1. The number of carbonyl (C=O) groups excluding carboxylic acids is 1. The lowest BCUT2D eigenvalue weighted by Crippen LogP contribution is -2.11. The smallest absolute Gasteiger partial charge is 0.287 e. The van der Waals surface area contributed by atoms with Crippen molar-refractivity contribution >= 4 is 38.2 Å². The Morgan fingerprint density at radius 3 is 2.72 bits per heavy atom. The number of aromatic nitrogens is 1. The minimum atomic E-state index is -4.48. The van der Waals surface area contributed by atoms with Gasteiger partial charge in [0.15, 0.2) is 0 Å². The fourth-order valence-electron chi connectivity index (χ4n) is 2.66. The zero-order valence-corrected chi connectivity index (χ0v) is 13.4. The summed E-state index contributed by atoms with van der Waals surface area (Å²) >= 11 is 1.38. The Balaban J connectivity index is 1.59. The molecule has 0 spiro atoms. The van der Waals surface area contributed by atoms with E-state index in [1.807, 2.05) is 24.3 Å². The molecular weight excluding hydrogens is 351 g/mol. The number of hydrogen-bond donors (Lipinski definition) is 1. The molecule has 0 saturated carbocycles. The van der Waals surface area contributed by atoms with Gasteiger partial charge >= 0.3 is 6.18 Å². The molecule has 1 aromatic heterocycles. The van der Waals surface area contributed by atoms with Gasteiger partial charge in [-0.15, -0.1) is 0 Å². The quantitative estimate of drug-likeness (QED) is 0.683. The summed E-state index contributed by atoms with van der Waals surface area (Å²) in [4.78, 5) is 16.6. The van der Waals surface area contributed by atoms with Gasteiger partial charge in [0.25, 0.3) is 0 Å². The summed E-state index contributed by atoms with van der Waals surface area (Å²) in [7, 11) is 0. The maximum Gasteiger partial charge on any atom is 0.416 e. The summed E-state index contributed by atoms with van der Waals surface area (Å²) < 4.78 is 39.3. The molecule has 8 heteroatoms. The van der Waals surface area contributed by atoms with Crippen molar-refractivity contribution in [2.24, 2.45) is 5.10 Å². The molecule has 0 aliphatic heterocycles. The standard InChI is InChI=1S/C17H10F3N3OS/c18-17(19,20)10-6-5-9-7-13(15(24)11(9)8-10)22-23-16-21-12-3-1-2-4-14(12)25-16/h1-6,8H,7H2,(H,21,23)/b22-13-. The molecule has 4 rings (SSSR count). The Bertz CT molecular complexity index is 990. The fourth-order valence-corrected chi connectivity index (χ4v) is 3.47. The number of fused-ring (bicyclic) bond motifs is 2. The first-order valence-corrected chi connectivity index (χ1v) is 8.16. The van der Waals surface area contributed by atoms with E-state index < -0.39 is 17.5 Å². The number of thiazole rings is 1. The molecular formula is C17H10F3N3OS. The topological polar surface area (TPSA) is 54.4 Å². The van der Waals surface area contributed by atoms with E-state index in [0.717, 1.165) is 22.3 Å². The lowest BCUT2D eigenvalue weighted by Gasteiger charge is -2.07. The molecule has 2 aromatic carbocycles. The molecule has 25 heavy (non-hydrogen) atoms. The van der Waals surface area contributed by atoms with Crippen LogP contribution in [0.4, 0.5) is 18.3 Å². The third-order valence-corrected chi connectivity index (χ3v) is 4.82. The lowest BCUT2D eigenvalue weighted by molar-refractivity contribution is -0.137. The Morgan fingerprint density at radius 2 is 1.96 bits per heavy atom. The number of nitrogens with zero attached hydrogens (tertiary/aromatic N) is 2. The molecule has 0 radical (unpaired) electrons. The largest absolute Gasteiger partial charge is 0.416 e. The summed E-state index contributed by atoms with van der Waals surface area (Å²) in [5.41, 5.74) is 3.49. The molecule has 0 bridgehead atoms. The number of carbonyl (C=O) groups is 1. The number of nitrogens with one attached hydrogen (secondary N) is 1. The molecule has 3 aromatic rings. The van der Waals surface area contributed by atoms with Crippen LogP contribution < -0.4 is 5.43 Å². The summed E-state index contributed by atoms with van der Waals surface area (Å²) in [5, 5.41) is 4.58. The highest BCUT2D eigenvalue weighted by Gasteiger charge is 2.34. The van der Waals surface area contributed by atoms with Crippen molar-refractivity contribution in [1.29, 1.82) is 0 Å².